The van der Waals surface area contributed by atoms with Crippen molar-refractivity contribution in [3.63, 3.8) is 0 Å². The van der Waals surface area contributed by atoms with Gasteiger partial charge in [-0.15, -0.1) is 0 Å². The fraction of sp³-hybridized carbons (Fsp3) is 0.308. The number of alkyl halides is 3. The quantitative estimate of drug-likeness (QED) is 0.913. The Morgan fingerprint density at radius 1 is 1.32 bits per heavy atom. The molecule has 0 aliphatic heterocycles. The Hall–Kier alpha value is -1.98. The highest BCUT2D eigenvalue weighted by atomic mass is 19.4. The van der Waals surface area contributed by atoms with Gasteiger partial charge in [0.15, 0.2) is 0 Å². The lowest BCUT2D eigenvalue weighted by atomic mass is 10.1. The van der Waals surface area contributed by atoms with E-state index < -0.39 is 18.5 Å². The molecule has 1 amide bonds. The fourth-order valence-corrected chi connectivity index (χ4v) is 1.86. The molecule has 0 spiro atoms. The number of fused-ring (bicyclic) bond motifs is 1. The van der Waals surface area contributed by atoms with Crippen LogP contribution in [0, 0.1) is 0 Å². The fourth-order valence-electron chi connectivity index (χ4n) is 1.86. The Balaban J connectivity index is 2.17. The summed E-state index contributed by atoms with van der Waals surface area (Å²) in [7, 11) is 1.37. The van der Waals surface area contributed by atoms with Crippen molar-refractivity contribution in [2.75, 3.05) is 13.6 Å². The Morgan fingerprint density at radius 3 is 2.74 bits per heavy atom. The van der Waals surface area contributed by atoms with Gasteiger partial charge in [0.25, 0.3) is 5.91 Å². The molecule has 1 heterocycles. The SMILES string of the molecule is CN(CCC(F)(F)F)C(=O)c1cccc2cc[nH]c12. The Morgan fingerprint density at radius 2 is 2.05 bits per heavy atom. The van der Waals surface area contributed by atoms with Gasteiger partial charge < -0.3 is 9.88 Å². The van der Waals surface area contributed by atoms with E-state index in [0.717, 1.165) is 10.3 Å². The molecule has 0 radical (unpaired) electrons. The van der Waals surface area contributed by atoms with Crippen molar-refractivity contribution >= 4 is 16.8 Å². The standard InChI is InChI=1S/C13H13F3N2O/c1-18(8-6-13(14,15)16)12(19)10-4-2-3-9-5-7-17-11(9)10/h2-5,7,17H,6,8H2,1H3. The van der Waals surface area contributed by atoms with Crippen LogP contribution in [0.25, 0.3) is 10.9 Å². The van der Waals surface area contributed by atoms with E-state index in [2.05, 4.69) is 4.98 Å². The number of amides is 1. The maximum Gasteiger partial charge on any atom is 0.390 e. The van der Waals surface area contributed by atoms with Crippen LogP contribution in [0.2, 0.25) is 0 Å². The van der Waals surface area contributed by atoms with E-state index in [0.29, 0.717) is 11.1 Å². The molecule has 2 aromatic rings. The molecular formula is C13H13F3N2O. The van der Waals surface area contributed by atoms with E-state index in [1.54, 1.807) is 18.3 Å². The summed E-state index contributed by atoms with van der Waals surface area (Å²) in [5.41, 5.74) is 1.03. The molecule has 0 fully saturated rings. The van der Waals surface area contributed by atoms with Crippen LogP contribution in [0.1, 0.15) is 16.8 Å². The molecule has 0 aliphatic rings. The number of aromatic nitrogens is 1. The molecule has 0 atom stereocenters. The molecule has 1 N–H and O–H groups in total. The third kappa shape index (κ3) is 3.07. The molecule has 3 nitrogen and oxygen atoms in total. The molecule has 102 valence electrons. The zero-order chi connectivity index (χ0) is 14.0. The zero-order valence-electron chi connectivity index (χ0n) is 10.3. The summed E-state index contributed by atoms with van der Waals surface area (Å²) in [4.78, 5) is 16.1. The number of para-hydroxylation sites is 1. The second-order valence-corrected chi connectivity index (χ2v) is 4.34. The molecular weight excluding hydrogens is 257 g/mol. The predicted octanol–water partition coefficient (Wildman–Crippen LogP) is 3.19. The van der Waals surface area contributed by atoms with Gasteiger partial charge in [0, 0.05) is 25.2 Å². The summed E-state index contributed by atoms with van der Waals surface area (Å²) in [5, 5.41) is 0.857. The number of nitrogens with one attached hydrogen (secondary N) is 1. The monoisotopic (exact) mass is 270 g/mol. The van der Waals surface area contributed by atoms with Crippen molar-refractivity contribution in [3.8, 4) is 0 Å². The van der Waals surface area contributed by atoms with E-state index in [-0.39, 0.29) is 6.54 Å². The van der Waals surface area contributed by atoms with Crippen molar-refractivity contribution in [2.45, 2.75) is 12.6 Å². The predicted molar refractivity (Wildman–Crippen MR) is 65.9 cm³/mol. The first-order valence-electron chi connectivity index (χ1n) is 5.77. The Kier molecular flexibility index (Phi) is 3.50. The molecule has 1 aromatic heterocycles. The third-order valence-corrected chi connectivity index (χ3v) is 2.90. The molecule has 0 unspecified atom stereocenters. The van der Waals surface area contributed by atoms with Gasteiger partial charge >= 0.3 is 6.18 Å². The van der Waals surface area contributed by atoms with E-state index >= 15 is 0 Å². The highest BCUT2D eigenvalue weighted by Crippen LogP contribution is 2.21. The van der Waals surface area contributed by atoms with E-state index in [1.165, 1.54) is 7.05 Å². The van der Waals surface area contributed by atoms with Crippen LogP contribution in [0.3, 0.4) is 0 Å². The van der Waals surface area contributed by atoms with Gasteiger partial charge in [0.2, 0.25) is 0 Å². The zero-order valence-corrected chi connectivity index (χ0v) is 10.3. The highest BCUT2D eigenvalue weighted by molar-refractivity contribution is 6.05. The van der Waals surface area contributed by atoms with Gasteiger partial charge in [-0.1, -0.05) is 12.1 Å². The lowest BCUT2D eigenvalue weighted by Crippen LogP contribution is -2.30. The number of nitrogens with zero attached hydrogens (tertiary/aromatic N) is 1. The van der Waals surface area contributed by atoms with Crippen molar-refractivity contribution in [1.82, 2.24) is 9.88 Å². The number of rotatable bonds is 3. The first-order chi connectivity index (χ1) is 8.88. The lowest BCUT2D eigenvalue weighted by molar-refractivity contribution is -0.136. The normalized spacial score (nSPS) is 11.8. The minimum absolute atomic E-state index is 0.348. The Bertz CT molecular complexity index is 589. The molecule has 6 heteroatoms. The van der Waals surface area contributed by atoms with Gasteiger partial charge in [-0.05, 0) is 12.1 Å². The van der Waals surface area contributed by atoms with E-state index in [4.69, 9.17) is 0 Å². The average molecular weight is 270 g/mol. The molecule has 0 saturated heterocycles. The molecule has 0 saturated carbocycles. The van der Waals surface area contributed by atoms with Gasteiger partial charge in [-0.25, -0.2) is 0 Å². The smallest absolute Gasteiger partial charge is 0.361 e. The largest absolute Gasteiger partial charge is 0.390 e. The number of aromatic amines is 1. The van der Waals surface area contributed by atoms with Crippen LogP contribution < -0.4 is 0 Å². The summed E-state index contributed by atoms with van der Waals surface area (Å²) in [6.07, 6.45) is -3.57. The summed E-state index contributed by atoms with van der Waals surface area (Å²) in [5.74, 6) is -0.419. The van der Waals surface area contributed by atoms with Crippen LogP contribution in [0.4, 0.5) is 13.2 Å². The number of carbonyl (C=O) groups is 1. The number of H-pyrrole nitrogens is 1. The van der Waals surface area contributed by atoms with E-state index in [9.17, 15) is 18.0 Å². The molecule has 19 heavy (non-hydrogen) atoms. The molecule has 0 bridgehead atoms. The minimum atomic E-state index is -4.26. The summed E-state index contributed by atoms with van der Waals surface area (Å²) < 4.78 is 36.4. The number of hydrogen-bond donors (Lipinski definition) is 1. The number of halogens is 3. The first kappa shape index (κ1) is 13.5. The maximum atomic E-state index is 12.1. The van der Waals surface area contributed by atoms with Crippen LogP contribution in [0.15, 0.2) is 30.5 Å². The first-order valence-corrected chi connectivity index (χ1v) is 5.77. The minimum Gasteiger partial charge on any atom is -0.361 e. The van der Waals surface area contributed by atoms with Crippen molar-refractivity contribution in [3.05, 3.63) is 36.0 Å². The average Bonchev–Trinajstić information content (AvgIpc) is 2.82. The summed E-state index contributed by atoms with van der Waals surface area (Å²) in [6.45, 7) is -0.348. The topological polar surface area (TPSA) is 36.1 Å². The van der Waals surface area contributed by atoms with Crippen LogP contribution >= 0.6 is 0 Å². The van der Waals surface area contributed by atoms with Crippen LogP contribution in [0.5, 0.6) is 0 Å². The number of carbonyl (C=O) groups excluding carboxylic acids is 1. The van der Waals surface area contributed by atoms with Crippen molar-refractivity contribution in [1.29, 1.82) is 0 Å². The van der Waals surface area contributed by atoms with Gasteiger partial charge in [0.1, 0.15) is 0 Å². The molecule has 1 aromatic carbocycles. The summed E-state index contributed by atoms with van der Waals surface area (Å²) >= 11 is 0. The van der Waals surface area contributed by atoms with Crippen molar-refractivity contribution < 1.29 is 18.0 Å². The van der Waals surface area contributed by atoms with Gasteiger partial charge in [-0.2, -0.15) is 13.2 Å². The third-order valence-electron chi connectivity index (χ3n) is 2.90. The van der Waals surface area contributed by atoms with Gasteiger partial charge in [0.05, 0.1) is 17.5 Å². The van der Waals surface area contributed by atoms with Crippen LogP contribution in [-0.4, -0.2) is 35.6 Å². The highest BCUT2D eigenvalue weighted by Gasteiger charge is 2.28. The molecule has 0 aliphatic carbocycles. The number of hydrogen-bond acceptors (Lipinski definition) is 1. The van der Waals surface area contributed by atoms with Gasteiger partial charge in [-0.3, -0.25) is 4.79 Å². The van der Waals surface area contributed by atoms with Crippen LogP contribution in [-0.2, 0) is 0 Å². The number of benzene rings is 1. The Labute approximate surface area is 108 Å². The maximum absolute atomic E-state index is 12.1. The lowest BCUT2D eigenvalue weighted by Gasteiger charge is -2.18. The second kappa shape index (κ2) is 4.95. The molecule has 2 rings (SSSR count). The van der Waals surface area contributed by atoms with E-state index in [1.807, 2.05) is 12.1 Å². The summed E-state index contributed by atoms with van der Waals surface area (Å²) in [6, 6.07) is 6.95. The van der Waals surface area contributed by atoms with Crippen molar-refractivity contribution in [2.24, 2.45) is 0 Å². The second-order valence-electron chi connectivity index (χ2n) is 4.34.